The van der Waals surface area contributed by atoms with Crippen molar-refractivity contribution >= 4 is 11.5 Å². The number of hydrogen-bond donors (Lipinski definition) is 0. The van der Waals surface area contributed by atoms with Crippen molar-refractivity contribution in [1.29, 1.82) is 0 Å². The molecule has 0 saturated carbocycles. The van der Waals surface area contributed by atoms with Gasteiger partial charge in [-0.2, -0.15) is 0 Å². The Morgan fingerprint density at radius 1 is 1.10 bits per heavy atom. The molecule has 0 aliphatic heterocycles. The van der Waals surface area contributed by atoms with Crippen LogP contribution in [0.3, 0.4) is 0 Å². The first-order chi connectivity index (χ1) is 10.1. The molecule has 0 aromatic heterocycles. The largest absolute Gasteiger partial charge is 0.481 e. The van der Waals surface area contributed by atoms with Crippen LogP contribution in [-0.2, 0) is 0 Å². The zero-order chi connectivity index (χ0) is 15.2. The lowest BCUT2D eigenvalue weighted by Gasteiger charge is -2.04. The Morgan fingerprint density at radius 3 is 2.10 bits per heavy atom. The van der Waals surface area contributed by atoms with Gasteiger partial charge in [0.2, 0.25) is 0 Å². The minimum absolute atomic E-state index is 0.0513. The number of nitro groups is 1. The van der Waals surface area contributed by atoms with Crippen LogP contribution in [0, 0.1) is 22.5 Å². The summed E-state index contributed by atoms with van der Waals surface area (Å²) in [5.74, 6) is 2.71. The number of benzene rings is 2. The lowest BCUT2D eigenvalue weighted by Crippen LogP contribution is -2.02. The van der Waals surface area contributed by atoms with Gasteiger partial charge in [0.15, 0.2) is 5.78 Å². The third-order valence-corrected chi connectivity index (χ3v) is 2.78. The molecular weight excluding hydrogens is 270 g/mol. The highest BCUT2D eigenvalue weighted by Gasteiger charge is 2.11. The average Bonchev–Trinajstić information content (AvgIpc) is 2.53. The molecule has 0 radical (unpaired) electrons. The van der Waals surface area contributed by atoms with Crippen molar-refractivity contribution in [3.63, 3.8) is 0 Å². The number of ether oxygens (including phenoxy) is 1. The maximum atomic E-state index is 12.2. The first-order valence-corrected chi connectivity index (χ1v) is 6.07. The van der Waals surface area contributed by atoms with E-state index in [9.17, 15) is 14.9 Å². The van der Waals surface area contributed by atoms with E-state index in [0.29, 0.717) is 16.9 Å². The van der Waals surface area contributed by atoms with Crippen molar-refractivity contribution in [3.05, 3.63) is 69.8 Å². The van der Waals surface area contributed by atoms with Crippen LogP contribution in [-0.4, -0.2) is 17.3 Å². The smallest absolute Gasteiger partial charge is 0.269 e. The summed E-state index contributed by atoms with van der Waals surface area (Å²) in [4.78, 5) is 22.3. The van der Waals surface area contributed by atoms with E-state index < -0.39 is 4.92 Å². The number of nitro benzene ring substituents is 1. The Balaban J connectivity index is 2.16. The van der Waals surface area contributed by atoms with Gasteiger partial charge in [-0.1, -0.05) is 5.92 Å². The molecule has 0 heterocycles. The molecule has 21 heavy (non-hydrogen) atoms. The van der Waals surface area contributed by atoms with E-state index in [1.807, 2.05) is 0 Å². The van der Waals surface area contributed by atoms with E-state index in [-0.39, 0.29) is 18.1 Å². The quantitative estimate of drug-likeness (QED) is 0.366. The van der Waals surface area contributed by atoms with Crippen LogP contribution in [0.2, 0.25) is 0 Å². The zero-order valence-corrected chi connectivity index (χ0v) is 11.0. The molecule has 0 amide bonds. The van der Waals surface area contributed by atoms with Gasteiger partial charge in [-0.3, -0.25) is 14.9 Å². The highest BCUT2D eigenvalue weighted by molar-refractivity contribution is 6.09. The van der Waals surface area contributed by atoms with E-state index in [1.54, 1.807) is 24.3 Å². The van der Waals surface area contributed by atoms with Gasteiger partial charge in [0.05, 0.1) is 4.92 Å². The van der Waals surface area contributed by atoms with Crippen molar-refractivity contribution in [2.24, 2.45) is 0 Å². The van der Waals surface area contributed by atoms with Gasteiger partial charge in [0.25, 0.3) is 5.69 Å². The Bertz CT molecular complexity index is 697. The van der Waals surface area contributed by atoms with Crippen LogP contribution in [0.1, 0.15) is 15.9 Å². The first kappa shape index (κ1) is 14.3. The molecule has 2 aromatic rings. The number of carbonyl (C=O) groups excluding carboxylic acids is 1. The van der Waals surface area contributed by atoms with E-state index in [2.05, 4.69) is 5.92 Å². The molecule has 0 aliphatic rings. The standard InChI is InChI=1S/C16H11NO4/c1-2-11-21-15-9-5-13(6-10-15)16(18)12-3-7-14(8-4-12)17(19)20/h1,3-10H,11H2. The number of nitrogens with zero attached hydrogens (tertiary/aromatic N) is 1. The van der Waals surface area contributed by atoms with Crippen LogP contribution >= 0.6 is 0 Å². The maximum Gasteiger partial charge on any atom is 0.269 e. The number of carbonyl (C=O) groups is 1. The second kappa shape index (κ2) is 6.35. The summed E-state index contributed by atoms with van der Waals surface area (Å²) in [5, 5.41) is 10.6. The fraction of sp³-hybridized carbons (Fsp3) is 0.0625. The number of terminal acetylenes is 1. The molecule has 5 nitrogen and oxygen atoms in total. The van der Waals surface area contributed by atoms with Gasteiger partial charge in [-0.15, -0.1) is 6.42 Å². The molecule has 2 aromatic carbocycles. The molecule has 0 saturated heterocycles. The SMILES string of the molecule is C#CCOc1ccc(C(=O)c2ccc([N+](=O)[O-])cc2)cc1. The van der Waals surface area contributed by atoms with Gasteiger partial charge in [-0.05, 0) is 36.4 Å². The Morgan fingerprint density at radius 2 is 1.62 bits per heavy atom. The Labute approximate surface area is 121 Å². The zero-order valence-electron chi connectivity index (χ0n) is 11.0. The van der Waals surface area contributed by atoms with Gasteiger partial charge >= 0.3 is 0 Å². The molecule has 0 unspecified atom stereocenters. The minimum Gasteiger partial charge on any atom is -0.481 e. The number of ketones is 1. The fourth-order valence-corrected chi connectivity index (χ4v) is 1.73. The lowest BCUT2D eigenvalue weighted by atomic mass is 10.0. The van der Waals surface area contributed by atoms with Crippen LogP contribution in [0.15, 0.2) is 48.5 Å². The van der Waals surface area contributed by atoms with Crippen molar-refractivity contribution in [2.45, 2.75) is 0 Å². The van der Waals surface area contributed by atoms with E-state index in [0.717, 1.165) is 0 Å². The van der Waals surface area contributed by atoms with E-state index in [4.69, 9.17) is 11.2 Å². The van der Waals surface area contributed by atoms with Gasteiger partial charge < -0.3 is 4.74 Å². The second-order valence-electron chi connectivity index (χ2n) is 4.15. The summed E-state index contributed by atoms with van der Waals surface area (Å²) in [6.07, 6.45) is 5.09. The van der Waals surface area contributed by atoms with Crippen molar-refractivity contribution in [3.8, 4) is 18.1 Å². The fourth-order valence-electron chi connectivity index (χ4n) is 1.73. The average molecular weight is 281 g/mol. The molecule has 5 heteroatoms. The molecule has 0 fully saturated rings. The number of rotatable bonds is 5. The van der Waals surface area contributed by atoms with Crippen LogP contribution < -0.4 is 4.74 Å². The summed E-state index contributed by atoms with van der Waals surface area (Å²) < 4.78 is 5.22. The van der Waals surface area contributed by atoms with Gasteiger partial charge in [0, 0.05) is 23.3 Å². The van der Waals surface area contributed by atoms with Crippen LogP contribution in [0.4, 0.5) is 5.69 Å². The first-order valence-electron chi connectivity index (χ1n) is 6.07. The lowest BCUT2D eigenvalue weighted by molar-refractivity contribution is -0.384. The monoisotopic (exact) mass is 281 g/mol. The van der Waals surface area contributed by atoms with Gasteiger partial charge in [0.1, 0.15) is 12.4 Å². The number of non-ortho nitro benzene ring substituents is 1. The molecule has 2 rings (SSSR count). The summed E-state index contributed by atoms with van der Waals surface area (Å²) >= 11 is 0. The van der Waals surface area contributed by atoms with E-state index in [1.165, 1.54) is 24.3 Å². The maximum absolute atomic E-state index is 12.2. The molecule has 104 valence electrons. The Kier molecular flexibility index (Phi) is 4.32. The summed E-state index contributed by atoms with van der Waals surface area (Å²) in [6, 6.07) is 12.0. The highest BCUT2D eigenvalue weighted by Crippen LogP contribution is 2.17. The van der Waals surface area contributed by atoms with Gasteiger partial charge in [-0.25, -0.2) is 0 Å². The summed E-state index contributed by atoms with van der Waals surface area (Å²) in [5.41, 5.74) is 0.805. The van der Waals surface area contributed by atoms with Crippen molar-refractivity contribution in [2.75, 3.05) is 6.61 Å². The van der Waals surface area contributed by atoms with Crippen molar-refractivity contribution in [1.82, 2.24) is 0 Å². The molecule has 0 N–H and O–H groups in total. The molecule has 0 atom stereocenters. The third kappa shape index (κ3) is 3.45. The number of hydrogen-bond acceptors (Lipinski definition) is 4. The topological polar surface area (TPSA) is 69.4 Å². The molecule has 0 aliphatic carbocycles. The third-order valence-electron chi connectivity index (χ3n) is 2.78. The highest BCUT2D eigenvalue weighted by atomic mass is 16.6. The molecular formula is C16H11NO4. The molecule has 0 bridgehead atoms. The minimum atomic E-state index is -0.508. The Hall–Kier alpha value is -3.13. The molecule has 0 spiro atoms. The van der Waals surface area contributed by atoms with Crippen molar-refractivity contribution < 1.29 is 14.5 Å². The summed E-state index contributed by atoms with van der Waals surface area (Å²) in [6.45, 7) is 0.162. The van der Waals surface area contributed by atoms with E-state index >= 15 is 0 Å². The predicted octanol–water partition coefficient (Wildman–Crippen LogP) is 2.84. The summed E-state index contributed by atoms with van der Waals surface area (Å²) in [7, 11) is 0. The predicted molar refractivity (Wildman–Crippen MR) is 77.3 cm³/mol. The van der Waals surface area contributed by atoms with Crippen LogP contribution in [0.5, 0.6) is 5.75 Å². The normalized spacial score (nSPS) is 9.67. The van der Waals surface area contributed by atoms with Crippen LogP contribution in [0.25, 0.3) is 0 Å². The second-order valence-corrected chi connectivity index (χ2v) is 4.15.